The van der Waals surface area contributed by atoms with E-state index in [0.29, 0.717) is 23.2 Å². The largest absolute Gasteiger partial charge is 0.437 e. The second-order valence-electron chi connectivity index (χ2n) is 3.58. The lowest BCUT2D eigenvalue weighted by atomic mass is 10.2. The first kappa shape index (κ1) is 11.9. The molecule has 1 aromatic carbocycles. The molecule has 0 unspecified atom stereocenters. The summed E-state index contributed by atoms with van der Waals surface area (Å²) in [5.41, 5.74) is 6.56. The minimum absolute atomic E-state index is 0.527. The van der Waals surface area contributed by atoms with Crippen LogP contribution in [0.2, 0.25) is 5.02 Å². The van der Waals surface area contributed by atoms with Crippen LogP contribution in [0.25, 0.3) is 0 Å². The quantitative estimate of drug-likeness (QED) is 0.905. The molecule has 2 N–H and O–H groups in total. The number of ether oxygens (including phenoxy) is 1. The van der Waals surface area contributed by atoms with Crippen LogP contribution in [0.3, 0.4) is 0 Å². The molecule has 0 aliphatic rings. The molecule has 0 aliphatic heterocycles. The standard InChI is InChI=1S/C13H13ClN2O/c14-11-3-1-2-4-12(11)17-13-6-5-10(7-8-15)9-16-13/h1-6,9H,7-8,15H2. The van der Waals surface area contributed by atoms with Crippen molar-refractivity contribution in [1.29, 1.82) is 0 Å². The van der Waals surface area contributed by atoms with Crippen LogP contribution in [-0.2, 0) is 6.42 Å². The molecule has 0 amide bonds. The first-order chi connectivity index (χ1) is 8.29. The van der Waals surface area contributed by atoms with E-state index in [1.807, 2.05) is 24.3 Å². The molecule has 1 aromatic heterocycles. The van der Waals surface area contributed by atoms with Gasteiger partial charge in [0.15, 0.2) is 0 Å². The Hall–Kier alpha value is -1.58. The molecule has 17 heavy (non-hydrogen) atoms. The maximum atomic E-state index is 5.99. The smallest absolute Gasteiger partial charge is 0.219 e. The topological polar surface area (TPSA) is 48.1 Å². The second-order valence-corrected chi connectivity index (χ2v) is 3.98. The highest BCUT2D eigenvalue weighted by atomic mass is 35.5. The average molecular weight is 249 g/mol. The van der Waals surface area contributed by atoms with E-state index in [1.165, 1.54) is 0 Å². The average Bonchev–Trinajstić information content (AvgIpc) is 2.35. The Morgan fingerprint density at radius 1 is 1.18 bits per heavy atom. The predicted molar refractivity (Wildman–Crippen MR) is 68.5 cm³/mol. The van der Waals surface area contributed by atoms with E-state index >= 15 is 0 Å². The van der Waals surface area contributed by atoms with Gasteiger partial charge in [0.2, 0.25) is 5.88 Å². The van der Waals surface area contributed by atoms with Crippen molar-refractivity contribution < 1.29 is 4.74 Å². The molecule has 2 aromatic rings. The third-order valence-corrected chi connectivity index (χ3v) is 2.59. The summed E-state index contributed by atoms with van der Waals surface area (Å²) in [7, 11) is 0. The van der Waals surface area contributed by atoms with Crippen LogP contribution in [0.15, 0.2) is 42.6 Å². The van der Waals surface area contributed by atoms with Crippen molar-refractivity contribution in [3.8, 4) is 11.6 Å². The normalized spacial score (nSPS) is 10.2. The van der Waals surface area contributed by atoms with Crippen molar-refractivity contribution in [1.82, 2.24) is 4.98 Å². The maximum absolute atomic E-state index is 5.99. The number of benzene rings is 1. The number of para-hydroxylation sites is 1. The third-order valence-electron chi connectivity index (χ3n) is 2.28. The Bertz CT molecular complexity index is 485. The van der Waals surface area contributed by atoms with Gasteiger partial charge in [0, 0.05) is 12.3 Å². The van der Waals surface area contributed by atoms with E-state index in [0.717, 1.165) is 12.0 Å². The fraction of sp³-hybridized carbons (Fsp3) is 0.154. The molecule has 0 fully saturated rings. The number of aromatic nitrogens is 1. The van der Waals surface area contributed by atoms with Gasteiger partial charge in [0.25, 0.3) is 0 Å². The zero-order valence-corrected chi connectivity index (χ0v) is 10.0. The highest BCUT2D eigenvalue weighted by Crippen LogP contribution is 2.27. The molecule has 3 nitrogen and oxygen atoms in total. The lowest BCUT2D eigenvalue weighted by Gasteiger charge is -2.06. The molecule has 4 heteroatoms. The van der Waals surface area contributed by atoms with E-state index < -0.39 is 0 Å². The zero-order valence-electron chi connectivity index (χ0n) is 9.27. The highest BCUT2D eigenvalue weighted by Gasteiger charge is 2.02. The number of halogens is 1. The van der Waals surface area contributed by atoms with Gasteiger partial charge in [0.1, 0.15) is 5.75 Å². The Labute approximate surface area is 105 Å². The van der Waals surface area contributed by atoms with Crippen molar-refractivity contribution in [2.24, 2.45) is 5.73 Å². The van der Waals surface area contributed by atoms with Crippen LogP contribution < -0.4 is 10.5 Å². The van der Waals surface area contributed by atoms with Crippen molar-refractivity contribution in [3.05, 3.63) is 53.2 Å². The van der Waals surface area contributed by atoms with Crippen molar-refractivity contribution >= 4 is 11.6 Å². The third kappa shape index (κ3) is 3.19. The van der Waals surface area contributed by atoms with E-state index in [2.05, 4.69) is 4.98 Å². The van der Waals surface area contributed by atoms with E-state index in [9.17, 15) is 0 Å². The SMILES string of the molecule is NCCc1ccc(Oc2ccccc2Cl)nc1. The van der Waals surface area contributed by atoms with Crippen LogP contribution in [0.4, 0.5) is 0 Å². The molecule has 0 atom stereocenters. The van der Waals surface area contributed by atoms with Gasteiger partial charge < -0.3 is 10.5 Å². The van der Waals surface area contributed by atoms with E-state index in [-0.39, 0.29) is 0 Å². The Morgan fingerprint density at radius 2 is 2.00 bits per heavy atom. The van der Waals surface area contributed by atoms with Crippen LogP contribution in [-0.4, -0.2) is 11.5 Å². The molecule has 88 valence electrons. The Kier molecular flexibility index (Phi) is 3.96. The van der Waals surface area contributed by atoms with Crippen LogP contribution >= 0.6 is 11.6 Å². The molecule has 2 rings (SSSR count). The molecular weight excluding hydrogens is 236 g/mol. The van der Waals surface area contributed by atoms with Gasteiger partial charge in [-0.15, -0.1) is 0 Å². The Morgan fingerprint density at radius 3 is 2.65 bits per heavy atom. The van der Waals surface area contributed by atoms with Gasteiger partial charge in [-0.05, 0) is 30.7 Å². The van der Waals surface area contributed by atoms with Gasteiger partial charge in [-0.1, -0.05) is 29.8 Å². The van der Waals surface area contributed by atoms with Crippen LogP contribution in [0.1, 0.15) is 5.56 Å². The number of pyridine rings is 1. The van der Waals surface area contributed by atoms with Crippen molar-refractivity contribution in [2.75, 3.05) is 6.54 Å². The molecule has 0 spiro atoms. The second kappa shape index (κ2) is 5.66. The van der Waals surface area contributed by atoms with Crippen LogP contribution in [0, 0.1) is 0 Å². The molecule has 0 aliphatic carbocycles. The minimum Gasteiger partial charge on any atom is -0.437 e. The lowest BCUT2D eigenvalue weighted by molar-refractivity contribution is 0.463. The van der Waals surface area contributed by atoms with Crippen molar-refractivity contribution in [2.45, 2.75) is 6.42 Å². The molecule has 0 bridgehead atoms. The molecule has 0 saturated carbocycles. The zero-order chi connectivity index (χ0) is 12.1. The summed E-state index contributed by atoms with van der Waals surface area (Å²) in [6.45, 7) is 0.617. The van der Waals surface area contributed by atoms with Crippen LogP contribution in [0.5, 0.6) is 11.6 Å². The van der Waals surface area contributed by atoms with E-state index in [4.69, 9.17) is 22.1 Å². The summed E-state index contributed by atoms with van der Waals surface area (Å²) in [5.74, 6) is 1.13. The first-order valence-electron chi connectivity index (χ1n) is 5.37. The number of hydrogen-bond acceptors (Lipinski definition) is 3. The first-order valence-corrected chi connectivity index (χ1v) is 5.75. The molecule has 1 heterocycles. The monoisotopic (exact) mass is 248 g/mol. The summed E-state index contributed by atoms with van der Waals surface area (Å²) in [6, 6.07) is 11.1. The number of nitrogens with two attached hydrogens (primary N) is 1. The molecule has 0 radical (unpaired) electrons. The molecular formula is C13H13ClN2O. The minimum atomic E-state index is 0.527. The van der Waals surface area contributed by atoms with E-state index in [1.54, 1.807) is 18.3 Å². The number of rotatable bonds is 4. The summed E-state index contributed by atoms with van der Waals surface area (Å²) in [4.78, 5) is 4.20. The maximum Gasteiger partial charge on any atom is 0.219 e. The summed E-state index contributed by atoms with van der Waals surface area (Å²) >= 11 is 5.99. The van der Waals surface area contributed by atoms with Gasteiger partial charge in [-0.2, -0.15) is 0 Å². The summed E-state index contributed by atoms with van der Waals surface area (Å²) < 4.78 is 5.57. The number of hydrogen-bond donors (Lipinski definition) is 1. The Balaban J connectivity index is 2.11. The van der Waals surface area contributed by atoms with Gasteiger partial charge in [0.05, 0.1) is 5.02 Å². The number of nitrogens with zero attached hydrogens (tertiary/aromatic N) is 1. The van der Waals surface area contributed by atoms with Gasteiger partial charge in [-0.25, -0.2) is 4.98 Å². The lowest BCUT2D eigenvalue weighted by Crippen LogP contribution is -2.02. The van der Waals surface area contributed by atoms with Crippen molar-refractivity contribution in [3.63, 3.8) is 0 Å². The highest BCUT2D eigenvalue weighted by molar-refractivity contribution is 6.32. The fourth-order valence-corrected chi connectivity index (χ4v) is 1.60. The summed E-state index contributed by atoms with van der Waals surface area (Å²) in [5, 5.41) is 0.570. The van der Waals surface area contributed by atoms with Gasteiger partial charge >= 0.3 is 0 Å². The summed E-state index contributed by atoms with van der Waals surface area (Å²) in [6.07, 6.45) is 2.58. The molecule has 0 saturated heterocycles. The predicted octanol–water partition coefficient (Wildman–Crippen LogP) is 3.03. The van der Waals surface area contributed by atoms with Gasteiger partial charge in [-0.3, -0.25) is 0 Å². The fourth-order valence-electron chi connectivity index (χ4n) is 1.43.